The number of rotatable bonds is 10. The second kappa shape index (κ2) is 11.5. The summed E-state index contributed by atoms with van der Waals surface area (Å²) in [6.45, 7) is 4.40. The average Bonchev–Trinajstić information content (AvgIpc) is 3.12. The lowest BCUT2D eigenvalue weighted by atomic mass is 10.2. The third-order valence-electron chi connectivity index (χ3n) is 3.98. The number of hydrogen-bond acceptors (Lipinski definition) is 5. The van der Waals surface area contributed by atoms with Crippen LogP contribution in [0.1, 0.15) is 11.4 Å². The molecular formula is C21H20Cl2N4OS2. The molecule has 0 bridgehead atoms. The van der Waals surface area contributed by atoms with Gasteiger partial charge in [-0.3, -0.25) is 4.79 Å². The van der Waals surface area contributed by atoms with Gasteiger partial charge in [0.15, 0.2) is 5.16 Å². The summed E-state index contributed by atoms with van der Waals surface area (Å²) >= 11 is 15.2. The maximum absolute atomic E-state index is 12.3. The molecule has 1 aromatic heterocycles. The Balaban J connectivity index is 1.58. The van der Waals surface area contributed by atoms with Gasteiger partial charge in [-0.15, -0.1) is 28.5 Å². The lowest BCUT2D eigenvalue weighted by molar-refractivity contribution is -0.113. The number of nitrogens with zero attached hydrogens (tertiary/aromatic N) is 3. The number of nitrogens with one attached hydrogen (secondary N) is 1. The number of thioether (sulfide) groups is 2. The Bertz CT molecular complexity index is 1010. The summed E-state index contributed by atoms with van der Waals surface area (Å²) in [6.07, 6.45) is 1.80. The SMILES string of the molecule is C=CCn1c(CSCc2ccccc2)nnc1SCC(=O)Nc1cc(Cl)ccc1Cl. The highest BCUT2D eigenvalue weighted by atomic mass is 35.5. The predicted octanol–water partition coefficient (Wildman–Crippen LogP) is 5.94. The van der Waals surface area contributed by atoms with Crippen LogP contribution >= 0.6 is 46.7 Å². The molecule has 30 heavy (non-hydrogen) atoms. The smallest absolute Gasteiger partial charge is 0.234 e. The summed E-state index contributed by atoms with van der Waals surface area (Å²) < 4.78 is 1.98. The van der Waals surface area contributed by atoms with Crippen molar-refractivity contribution < 1.29 is 4.79 Å². The van der Waals surface area contributed by atoms with Crippen LogP contribution in [-0.4, -0.2) is 26.4 Å². The fraction of sp³-hybridized carbons (Fsp3) is 0.190. The first-order valence-corrected chi connectivity index (χ1v) is 12.0. The number of benzene rings is 2. The summed E-state index contributed by atoms with van der Waals surface area (Å²) in [4.78, 5) is 12.3. The van der Waals surface area contributed by atoms with Gasteiger partial charge in [0.2, 0.25) is 5.91 Å². The monoisotopic (exact) mass is 478 g/mol. The van der Waals surface area contributed by atoms with Crippen LogP contribution in [0.2, 0.25) is 10.0 Å². The Morgan fingerprint density at radius 1 is 1.13 bits per heavy atom. The molecule has 1 N–H and O–H groups in total. The molecule has 0 radical (unpaired) electrons. The van der Waals surface area contributed by atoms with Crippen molar-refractivity contribution in [3.05, 3.63) is 82.6 Å². The number of hydrogen-bond donors (Lipinski definition) is 1. The van der Waals surface area contributed by atoms with Crippen molar-refractivity contribution in [2.45, 2.75) is 23.2 Å². The van der Waals surface area contributed by atoms with Gasteiger partial charge in [-0.05, 0) is 23.8 Å². The van der Waals surface area contributed by atoms with Crippen molar-refractivity contribution >= 4 is 58.3 Å². The molecule has 3 rings (SSSR count). The van der Waals surface area contributed by atoms with E-state index in [2.05, 4.69) is 34.2 Å². The van der Waals surface area contributed by atoms with Crippen LogP contribution in [0.15, 0.2) is 66.3 Å². The summed E-state index contributed by atoms with van der Waals surface area (Å²) in [5.74, 6) is 2.46. The highest BCUT2D eigenvalue weighted by Gasteiger charge is 2.14. The number of carbonyl (C=O) groups is 1. The third kappa shape index (κ3) is 6.54. The first-order chi connectivity index (χ1) is 14.6. The molecule has 0 unspecified atom stereocenters. The molecule has 1 amide bonds. The van der Waals surface area contributed by atoms with E-state index in [1.54, 1.807) is 36.0 Å². The molecule has 3 aromatic rings. The van der Waals surface area contributed by atoms with Gasteiger partial charge in [0.05, 0.1) is 22.2 Å². The van der Waals surface area contributed by atoms with Crippen molar-refractivity contribution in [1.29, 1.82) is 0 Å². The van der Waals surface area contributed by atoms with E-state index in [0.29, 0.717) is 27.4 Å². The standard InChI is InChI=1S/C21H20Cl2N4OS2/c1-2-10-27-19(13-29-12-15-6-4-3-5-7-15)25-26-21(27)30-14-20(28)24-18-11-16(22)8-9-17(18)23/h2-9,11H,1,10,12-14H2,(H,24,28). The molecule has 0 atom stereocenters. The Labute approximate surface area is 194 Å². The van der Waals surface area contributed by atoms with Crippen molar-refractivity contribution in [3.63, 3.8) is 0 Å². The van der Waals surface area contributed by atoms with Gasteiger partial charge in [0.1, 0.15) is 5.82 Å². The van der Waals surface area contributed by atoms with Gasteiger partial charge in [-0.25, -0.2) is 0 Å². The molecule has 156 valence electrons. The Kier molecular flexibility index (Phi) is 8.69. The lowest BCUT2D eigenvalue weighted by Crippen LogP contribution is -2.15. The molecule has 9 heteroatoms. The Hall–Kier alpha value is -1.93. The van der Waals surface area contributed by atoms with Crippen LogP contribution in [0.25, 0.3) is 0 Å². The lowest BCUT2D eigenvalue weighted by Gasteiger charge is -2.09. The number of carbonyl (C=O) groups excluding carboxylic acids is 1. The molecule has 1 heterocycles. The molecule has 0 saturated heterocycles. The zero-order chi connectivity index (χ0) is 21.3. The first-order valence-electron chi connectivity index (χ1n) is 9.09. The number of allylic oxidation sites excluding steroid dienone is 1. The van der Waals surface area contributed by atoms with E-state index < -0.39 is 0 Å². The summed E-state index contributed by atoms with van der Waals surface area (Å²) in [5, 5.41) is 13.0. The highest BCUT2D eigenvalue weighted by Crippen LogP contribution is 2.26. The van der Waals surface area contributed by atoms with Crippen LogP contribution in [0.3, 0.4) is 0 Å². The molecule has 2 aromatic carbocycles. The van der Waals surface area contributed by atoms with E-state index in [-0.39, 0.29) is 11.7 Å². The molecule has 5 nitrogen and oxygen atoms in total. The van der Waals surface area contributed by atoms with Crippen molar-refractivity contribution in [3.8, 4) is 0 Å². The van der Waals surface area contributed by atoms with E-state index in [4.69, 9.17) is 23.2 Å². The van der Waals surface area contributed by atoms with Crippen LogP contribution in [-0.2, 0) is 22.8 Å². The van der Waals surface area contributed by atoms with Gasteiger partial charge in [0, 0.05) is 17.3 Å². The minimum Gasteiger partial charge on any atom is -0.324 e. The highest BCUT2D eigenvalue weighted by molar-refractivity contribution is 7.99. The summed E-state index contributed by atoms with van der Waals surface area (Å²) in [7, 11) is 0. The molecule has 0 aliphatic carbocycles. The Morgan fingerprint density at radius 2 is 1.93 bits per heavy atom. The Morgan fingerprint density at radius 3 is 2.70 bits per heavy atom. The average molecular weight is 479 g/mol. The van der Waals surface area contributed by atoms with E-state index in [1.165, 1.54) is 17.3 Å². The number of aromatic nitrogens is 3. The van der Waals surface area contributed by atoms with Gasteiger partial charge >= 0.3 is 0 Å². The predicted molar refractivity (Wildman–Crippen MR) is 127 cm³/mol. The van der Waals surface area contributed by atoms with Crippen molar-refractivity contribution in [2.75, 3.05) is 11.1 Å². The third-order valence-corrected chi connectivity index (χ3v) is 6.51. The van der Waals surface area contributed by atoms with E-state index >= 15 is 0 Å². The quantitative estimate of drug-likeness (QED) is 0.288. The van der Waals surface area contributed by atoms with E-state index in [9.17, 15) is 4.79 Å². The second-order valence-electron chi connectivity index (χ2n) is 6.24. The maximum Gasteiger partial charge on any atom is 0.234 e. The fourth-order valence-corrected chi connectivity index (χ4v) is 4.62. The van der Waals surface area contributed by atoms with Gasteiger partial charge in [-0.1, -0.05) is 71.4 Å². The first kappa shape index (κ1) is 22.7. The molecule has 0 aliphatic heterocycles. The van der Waals surface area contributed by atoms with Crippen molar-refractivity contribution in [1.82, 2.24) is 14.8 Å². The molecule has 0 aliphatic rings. The zero-order valence-corrected chi connectivity index (χ0v) is 19.2. The fourth-order valence-electron chi connectivity index (χ4n) is 2.59. The summed E-state index contributed by atoms with van der Waals surface area (Å²) in [6, 6.07) is 15.2. The van der Waals surface area contributed by atoms with Gasteiger partial charge in [-0.2, -0.15) is 0 Å². The van der Waals surface area contributed by atoms with Crippen LogP contribution in [0.5, 0.6) is 0 Å². The van der Waals surface area contributed by atoms with E-state index in [1.807, 2.05) is 22.8 Å². The number of amides is 1. The minimum atomic E-state index is -0.197. The van der Waals surface area contributed by atoms with Gasteiger partial charge in [0.25, 0.3) is 0 Å². The molecule has 0 spiro atoms. The molecule has 0 fully saturated rings. The van der Waals surface area contributed by atoms with Gasteiger partial charge < -0.3 is 9.88 Å². The largest absolute Gasteiger partial charge is 0.324 e. The number of halogens is 2. The second-order valence-corrected chi connectivity index (χ2v) is 9.01. The van der Waals surface area contributed by atoms with Crippen molar-refractivity contribution in [2.24, 2.45) is 0 Å². The molecular weight excluding hydrogens is 459 g/mol. The molecule has 0 saturated carbocycles. The van der Waals surface area contributed by atoms with Crippen LogP contribution in [0, 0.1) is 0 Å². The normalized spacial score (nSPS) is 10.7. The van der Waals surface area contributed by atoms with E-state index in [0.717, 1.165) is 17.3 Å². The maximum atomic E-state index is 12.3. The topological polar surface area (TPSA) is 59.8 Å². The summed E-state index contributed by atoms with van der Waals surface area (Å²) in [5.41, 5.74) is 1.75. The minimum absolute atomic E-state index is 0.176. The van der Waals surface area contributed by atoms with Crippen LogP contribution < -0.4 is 5.32 Å². The van der Waals surface area contributed by atoms with Crippen LogP contribution in [0.4, 0.5) is 5.69 Å². The zero-order valence-electron chi connectivity index (χ0n) is 16.1. The number of anilines is 1.